The van der Waals surface area contributed by atoms with Gasteiger partial charge in [-0.15, -0.1) is 0 Å². The number of hydrogen-bond donors (Lipinski definition) is 1. The number of amides is 1. The third kappa shape index (κ3) is 5.68. The van der Waals surface area contributed by atoms with E-state index >= 15 is 0 Å². The van der Waals surface area contributed by atoms with Gasteiger partial charge in [0, 0.05) is 35.1 Å². The number of ether oxygens (including phenoxy) is 1. The van der Waals surface area contributed by atoms with Crippen LogP contribution in [-0.2, 0) is 9.59 Å². The lowest BCUT2D eigenvalue weighted by atomic mass is 10.0. The van der Waals surface area contributed by atoms with E-state index in [2.05, 4.69) is 5.32 Å². The Morgan fingerprint density at radius 1 is 1.22 bits per heavy atom. The van der Waals surface area contributed by atoms with Crippen LogP contribution in [0.2, 0.25) is 5.02 Å². The topological polar surface area (TPSA) is 122 Å². The van der Waals surface area contributed by atoms with Gasteiger partial charge in [0.25, 0.3) is 11.6 Å². The zero-order chi connectivity index (χ0) is 20.0. The molecule has 0 unspecified atom stereocenters. The molecule has 0 saturated carbocycles. The standard InChI is InChI=1S/C18H17ClN2O6/c1-11(27-13-5-3-2-4-6-13)18(24)20-16(10-17(22)23)14-9-12(21(25)26)7-8-15(14)19/h2-9,11,16H,10H2,1H3,(H,20,24)(H,22,23)/p-1/t11-,16+/m1/s1. The van der Waals surface area contributed by atoms with Gasteiger partial charge in [-0.05, 0) is 25.1 Å². The van der Waals surface area contributed by atoms with Crippen LogP contribution >= 0.6 is 11.6 Å². The van der Waals surface area contributed by atoms with Gasteiger partial charge in [0.2, 0.25) is 0 Å². The number of carbonyl (C=O) groups is 2. The number of nitrogens with zero attached hydrogens (tertiary/aromatic N) is 1. The van der Waals surface area contributed by atoms with E-state index in [1.54, 1.807) is 30.3 Å². The first-order chi connectivity index (χ1) is 12.8. The van der Waals surface area contributed by atoms with Crippen molar-refractivity contribution in [3.63, 3.8) is 0 Å². The van der Waals surface area contributed by atoms with Gasteiger partial charge in [-0.1, -0.05) is 29.8 Å². The number of para-hydroxylation sites is 1. The second kappa shape index (κ2) is 9.00. The van der Waals surface area contributed by atoms with Crippen LogP contribution in [0.5, 0.6) is 5.75 Å². The highest BCUT2D eigenvalue weighted by Gasteiger charge is 2.24. The van der Waals surface area contributed by atoms with Crippen molar-refractivity contribution in [2.45, 2.75) is 25.5 Å². The van der Waals surface area contributed by atoms with Crippen LogP contribution in [0.1, 0.15) is 24.9 Å². The fourth-order valence-electron chi connectivity index (χ4n) is 2.36. The summed E-state index contributed by atoms with van der Waals surface area (Å²) in [6.45, 7) is 1.49. The Bertz CT molecular complexity index is 843. The number of halogens is 1. The van der Waals surface area contributed by atoms with E-state index in [0.717, 1.165) is 6.07 Å². The van der Waals surface area contributed by atoms with Gasteiger partial charge >= 0.3 is 0 Å². The summed E-state index contributed by atoms with van der Waals surface area (Å²) in [5, 5.41) is 24.6. The molecule has 2 rings (SSSR count). The average molecular weight is 392 g/mol. The van der Waals surface area contributed by atoms with Crippen molar-refractivity contribution in [2.24, 2.45) is 0 Å². The molecule has 0 heterocycles. The van der Waals surface area contributed by atoms with Crippen molar-refractivity contribution in [1.29, 1.82) is 0 Å². The summed E-state index contributed by atoms with van der Waals surface area (Å²) in [6, 6.07) is 11.1. The molecule has 1 N–H and O–H groups in total. The summed E-state index contributed by atoms with van der Waals surface area (Å²) in [5.74, 6) is -1.59. The van der Waals surface area contributed by atoms with E-state index in [1.807, 2.05) is 0 Å². The van der Waals surface area contributed by atoms with Gasteiger partial charge in [-0.3, -0.25) is 14.9 Å². The Labute approximate surface area is 159 Å². The molecular formula is C18H16ClN2O6-. The molecule has 2 aromatic carbocycles. The maximum atomic E-state index is 12.4. The van der Waals surface area contributed by atoms with Gasteiger partial charge in [0.15, 0.2) is 6.10 Å². The average Bonchev–Trinajstić information content (AvgIpc) is 2.61. The predicted octanol–water partition coefficient (Wildman–Crippen LogP) is 2.01. The number of rotatable bonds is 8. The van der Waals surface area contributed by atoms with Gasteiger partial charge in [-0.25, -0.2) is 0 Å². The molecule has 0 saturated heterocycles. The highest BCUT2D eigenvalue weighted by Crippen LogP contribution is 2.29. The minimum Gasteiger partial charge on any atom is -0.550 e. The van der Waals surface area contributed by atoms with E-state index < -0.39 is 35.4 Å². The van der Waals surface area contributed by atoms with Crippen molar-refractivity contribution in [3.8, 4) is 5.75 Å². The summed E-state index contributed by atoms with van der Waals surface area (Å²) < 4.78 is 5.49. The van der Waals surface area contributed by atoms with Crippen LogP contribution in [-0.4, -0.2) is 22.9 Å². The Balaban J connectivity index is 2.21. The van der Waals surface area contributed by atoms with Gasteiger partial charge in [-0.2, -0.15) is 0 Å². The van der Waals surface area contributed by atoms with Crippen molar-refractivity contribution in [3.05, 3.63) is 69.2 Å². The smallest absolute Gasteiger partial charge is 0.269 e. The third-order valence-corrected chi connectivity index (χ3v) is 4.02. The summed E-state index contributed by atoms with van der Waals surface area (Å²) in [4.78, 5) is 33.8. The van der Waals surface area contributed by atoms with Gasteiger partial charge < -0.3 is 20.0 Å². The monoisotopic (exact) mass is 391 g/mol. The summed E-state index contributed by atoms with van der Waals surface area (Å²) >= 11 is 6.05. The first-order valence-corrected chi connectivity index (χ1v) is 8.31. The van der Waals surface area contributed by atoms with Crippen molar-refractivity contribution in [1.82, 2.24) is 5.32 Å². The molecule has 9 heteroatoms. The largest absolute Gasteiger partial charge is 0.550 e. The Kier molecular flexibility index (Phi) is 6.73. The molecule has 142 valence electrons. The quantitative estimate of drug-likeness (QED) is 0.542. The van der Waals surface area contributed by atoms with Crippen LogP contribution in [0.25, 0.3) is 0 Å². The minimum atomic E-state index is -1.44. The molecular weight excluding hydrogens is 376 g/mol. The summed E-state index contributed by atoms with van der Waals surface area (Å²) in [7, 11) is 0. The van der Waals surface area contributed by atoms with Crippen molar-refractivity contribution < 1.29 is 24.4 Å². The number of nitro groups is 1. The number of benzene rings is 2. The number of aliphatic carboxylic acids is 1. The Morgan fingerprint density at radius 2 is 1.89 bits per heavy atom. The van der Waals surface area contributed by atoms with E-state index in [-0.39, 0.29) is 16.3 Å². The second-order valence-corrected chi connectivity index (χ2v) is 6.08. The molecule has 1 amide bonds. The number of carboxylic acid groups (broad SMARTS) is 1. The number of carboxylic acids is 1. The number of nitro benzene ring substituents is 1. The molecule has 8 nitrogen and oxygen atoms in total. The number of hydrogen-bond acceptors (Lipinski definition) is 6. The van der Waals surface area contributed by atoms with Crippen LogP contribution in [0.3, 0.4) is 0 Å². The molecule has 0 aliphatic rings. The summed E-state index contributed by atoms with van der Waals surface area (Å²) in [6.07, 6.45) is -1.54. The van der Waals surface area contributed by atoms with E-state index in [0.29, 0.717) is 5.75 Å². The maximum absolute atomic E-state index is 12.4. The SMILES string of the molecule is C[C@@H](Oc1ccccc1)C(=O)N[C@@H](CC(=O)[O-])c1cc([N+](=O)[O-])ccc1Cl. The minimum absolute atomic E-state index is 0.0868. The summed E-state index contributed by atoms with van der Waals surface area (Å²) in [5.41, 5.74) is -0.170. The number of non-ortho nitro benzene ring substituents is 1. The van der Waals surface area contributed by atoms with Crippen LogP contribution in [0, 0.1) is 10.1 Å². The van der Waals surface area contributed by atoms with Gasteiger partial charge in [0.1, 0.15) is 5.75 Å². The van der Waals surface area contributed by atoms with Crippen molar-refractivity contribution in [2.75, 3.05) is 0 Å². The Morgan fingerprint density at radius 3 is 2.48 bits per heavy atom. The Hall–Kier alpha value is -3.13. The third-order valence-electron chi connectivity index (χ3n) is 3.68. The maximum Gasteiger partial charge on any atom is 0.269 e. The lowest BCUT2D eigenvalue weighted by Gasteiger charge is -2.23. The molecule has 27 heavy (non-hydrogen) atoms. The fourth-order valence-corrected chi connectivity index (χ4v) is 2.61. The van der Waals surface area contributed by atoms with Crippen LogP contribution in [0.4, 0.5) is 5.69 Å². The van der Waals surface area contributed by atoms with Crippen molar-refractivity contribution >= 4 is 29.2 Å². The zero-order valence-corrected chi connectivity index (χ0v) is 15.0. The van der Waals surface area contributed by atoms with E-state index in [1.165, 1.54) is 19.1 Å². The number of carbonyl (C=O) groups excluding carboxylic acids is 2. The molecule has 0 aliphatic heterocycles. The fraction of sp³-hybridized carbons (Fsp3) is 0.222. The molecule has 0 bridgehead atoms. The molecule has 0 fully saturated rings. The highest BCUT2D eigenvalue weighted by molar-refractivity contribution is 6.31. The second-order valence-electron chi connectivity index (χ2n) is 5.67. The first kappa shape index (κ1) is 20.2. The molecule has 0 radical (unpaired) electrons. The molecule has 0 aliphatic carbocycles. The van der Waals surface area contributed by atoms with Gasteiger partial charge in [0.05, 0.1) is 11.0 Å². The lowest BCUT2D eigenvalue weighted by Crippen LogP contribution is -2.40. The van der Waals surface area contributed by atoms with Crippen LogP contribution < -0.4 is 15.2 Å². The molecule has 0 aromatic heterocycles. The molecule has 2 atom stereocenters. The van der Waals surface area contributed by atoms with E-state index in [4.69, 9.17) is 16.3 Å². The normalized spacial score (nSPS) is 12.7. The zero-order valence-electron chi connectivity index (χ0n) is 14.3. The molecule has 0 spiro atoms. The van der Waals surface area contributed by atoms with E-state index in [9.17, 15) is 24.8 Å². The highest BCUT2D eigenvalue weighted by atomic mass is 35.5. The molecule has 2 aromatic rings. The van der Waals surface area contributed by atoms with Crippen LogP contribution in [0.15, 0.2) is 48.5 Å². The number of nitrogens with one attached hydrogen (secondary N) is 1. The lowest BCUT2D eigenvalue weighted by molar-refractivity contribution is -0.385. The first-order valence-electron chi connectivity index (χ1n) is 7.93. The predicted molar refractivity (Wildman–Crippen MR) is 95.1 cm³/mol.